The van der Waals surface area contributed by atoms with E-state index in [0.29, 0.717) is 17.6 Å². The molecule has 2 aromatic heterocycles. The zero-order valence-corrected chi connectivity index (χ0v) is 25.5. The standard InChI is InChI=1S/C43H28N4/c1-3-15-29(16-4-1)32-25-13-19-30-20-14-26-36(40(30)32)33-21-7-8-24-37(33)42-44-41(31-17-5-2-6-18-31)45-43(46-42)47-38-27-11-9-22-34(38)35-23-10-12-28-39(35)47/h1-28H. The van der Waals surface area contributed by atoms with E-state index in [1.165, 1.54) is 21.9 Å². The molecule has 220 valence electrons. The van der Waals surface area contributed by atoms with E-state index in [1.807, 2.05) is 18.2 Å². The van der Waals surface area contributed by atoms with Crippen LogP contribution in [0.25, 0.3) is 83.6 Å². The van der Waals surface area contributed by atoms with Crippen LogP contribution in [0.3, 0.4) is 0 Å². The molecule has 0 atom stereocenters. The SMILES string of the molecule is c1ccc(-c2nc(-c3ccccc3-c3cccc4cccc(-c5ccccc5)c34)nc(-n3c4ccccc4c4ccccc43)n2)cc1. The quantitative estimate of drug-likeness (QED) is 0.197. The summed E-state index contributed by atoms with van der Waals surface area (Å²) in [5.74, 6) is 1.84. The highest BCUT2D eigenvalue weighted by Crippen LogP contribution is 2.40. The predicted octanol–water partition coefficient (Wildman–Crippen LogP) is 10.8. The molecule has 47 heavy (non-hydrogen) atoms. The summed E-state index contributed by atoms with van der Waals surface area (Å²) in [5.41, 5.74) is 8.58. The number of benzene rings is 7. The maximum atomic E-state index is 5.26. The molecule has 0 unspecified atom stereocenters. The Morgan fingerprint density at radius 3 is 1.53 bits per heavy atom. The van der Waals surface area contributed by atoms with Crippen molar-refractivity contribution < 1.29 is 0 Å². The lowest BCUT2D eigenvalue weighted by molar-refractivity contribution is 0.953. The highest BCUT2D eigenvalue weighted by atomic mass is 15.2. The van der Waals surface area contributed by atoms with Crippen molar-refractivity contribution in [3.63, 3.8) is 0 Å². The van der Waals surface area contributed by atoms with Crippen LogP contribution in [0.15, 0.2) is 170 Å². The van der Waals surface area contributed by atoms with Crippen molar-refractivity contribution in [3.8, 4) is 51.0 Å². The highest BCUT2D eigenvalue weighted by molar-refractivity contribution is 6.09. The van der Waals surface area contributed by atoms with Gasteiger partial charge in [0.05, 0.1) is 11.0 Å². The van der Waals surface area contributed by atoms with Gasteiger partial charge in [-0.1, -0.05) is 158 Å². The van der Waals surface area contributed by atoms with Crippen LogP contribution in [-0.2, 0) is 0 Å². The molecule has 0 bridgehead atoms. The summed E-state index contributed by atoms with van der Waals surface area (Å²) < 4.78 is 2.16. The molecule has 0 spiro atoms. The molecular weight excluding hydrogens is 573 g/mol. The molecule has 0 N–H and O–H groups in total. The van der Waals surface area contributed by atoms with E-state index < -0.39 is 0 Å². The zero-order chi connectivity index (χ0) is 31.2. The summed E-state index contributed by atoms with van der Waals surface area (Å²) in [5, 5.41) is 4.71. The minimum Gasteiger partial charge on any atom is -0.278 e. The van der Waals surface area contributed by atoms with Crippen LogP contribution >= 0.6 is 0 Å². The second-order valence-electron chi connectivity index (χ2n) is 11.6. The third-order valence-corrected chi connectivity index (χ3v) is 8.88. The summed E-state index contributed by atoms with van der Waals surface area (Å²) in [6, 6.07) is 59.2. The van der Waals surface area contributed by atoms with Gasteiger partial charge in [-0.25, -0.2) is 4.98 Å². The van der Waals surface area contributed by atoms with E-state index in [9.17, 15) is 0 Å². The summed E-state index contributed by atoms with van der Waals surface area (Å²) >= 11 is 0. The fraction of sp³-hybridized carbons (Fsp3) is 0. The first kappa shape index (κ1) is 27.0. The van der Waals surface area contributed by atoms with Crippen LogP contribution < -0.4 is 0 Å². The molecule has 4 heteroatoms. The van der Waals surface area contributed by atoms with Gasteiger partial charge in [0, 0.05) is 21.9 Å². The molecule has 2 heterocycles. The molecular formula is C43H28N4. The van der Waals surface area contributed by atoms with Gasteiger partial charge in [0.25, 0.3) is 0 Å². The van der Waals surface area contributed by atoms with Crippen LogP contribution in [0.1, 0.15) is 0 Å². The number of hydrogen-bond acceptors (Lipinski definition) is 3. The Labute approximate surface area is 272 Å². The van der Waals surface area contributed by atoms with E-state index in [-0.39, 0.29) is 0 Å². The van der Waals surface area contributed by atoms with Gasteiger partial charge in [-0.15, -0.1) is 0 Å². The fourth-order valence-corrected chi connectivity index (χ4v) is 6.78. The number of para-hydroxylation sites is 2. The maximum Gasteiger partial charge on any atom is 0.238 e. The van der Waals surface area contributed by atoms with Crippen LogP contribution in [-0.4, -0.2) is 19.5 Å². The van der Waals surface area contributed by atoms with Gasteiger partial charge in [0.15, 0.2) is 11.6 Å². The Bertz CT molecular complexity index is 2510. The molecule has 0 radical (unpaired) electrons. The van der Waals surface area contributed by atoms with E-state index in [2.05, 4.69) is 156 Å². The topological polar surface area (TPSA) is 43.6 Å². The average molecular weight is 601 g/mol. The lowest BCUT2D eigenvalue weighted by atomic mass is 9.89. The van der Waals surface area contributed by atoms with E-state index >= 15 is 0 Å². The Hall–Kier alpha value is -6.39. The molecule has 4 nitrogen and oxygen atoms in total. The number of fused-ring (bicyclic) bond motifs is 4. The van der Waals surface area contributed by atoms with Gasteiger partial charge in [0.1, 0.15) is 0 Å². The van der Waals surface area contributed by atoms with Crippen LogP contribution in [0.4, 0.5) is 0 Å². The molecule has 0 aliphatic carbocycles. The molecule has 0 saturated heterocycles. The van der Waals surface area contributed by atoms with Gasteiger partial charge in [-0.3, -0.25) is 4.57 Å². The van der Waals surface area contributed by atoms with E-state index in [1.54, 1.807) is 0 Å². The zero-order valence-electron chi connectivity index (χ0n) is 25.5. The summed E-state index contributed by atoms with van der Waals surface area (Å²) in [6.45, 7) is 0. The Balaban J connectivity index is 1.33. The number of hydrogen-bond donors (Lipinski definition) is 0. The molecule has 0 amide bonds. The Morgan fingerprint density at radius 1 is 0.340 bits per heavy atom. The van der Waals surface area contributed by atoms with Gasteiger partial charge in [-0.05, 0) is 45.2 Å². The molecule has 0 aliphatic rings. The first-order valence-corrected chi connectivity index (χ1v) is 15.8. The largest absolute Gasteiger partial charge is 0.278 e. The minimum absolute atomic E-state index is 0.587. The molecule has 0 aliphatic heterocycles. The normalized spacial score (nSPS) is 11.4. The molecule has 7 aromatic carbocycles. The molecule has 9 aromatic rings. The number of nitrogens with zero attached hydrogens (tertiary/aromatic N) is 4. The molecule has 9 rings (SSSR count). The van der Waals surface area contributed by atoms with E-state index in [0.717, 1.165) is 44.1 Å². The number of rotatable bonds is 5. The van der Waals surface area contributed by atoms with Gasteiger partial charge in [-0.2, -0.15) is 9.97 Å². The van der Waals surface area contributed by atoms with Gasteiger partial charge < -0.3 is 0 Å². The van der Waals surface area contributed by atoms with Crippen molar-refractivity contribution in [2.24, 2.45) is 0 Å². The lowest BCUT2D eigenvalue weighted by Gasteiger charge is -2.16. The van der Waals surface area contributed by atoms with Crippen molar-refractivity contribution in [1.82, 2.24) is 19.5 Å². The summed E-state index contributed by atoms with van der Waals surface area (Å²) in [4.78, 5) is 15.5. The first-order chi connectivity index (χ1) is 23.3. The second-order valence-corrected chi connectivity index (χ2v) is 11.6. The van der Waals surface area contributed by atoms with Crippen molar-refractivity contribution in [3.05, 3.63) is 170 Å². The van der Waals surface area contributed by atoms with Gasteiger partial charge in [0.2, 0.25) is 5.95 Å². The number of aromatic nitrogens is 4. The third-order valence-electron chi connectivity index (χ3n) is 8.88. The van der Waals surface area contributed by atoms with Gasteiger partial charge >= 0.3 is 0 Å². The van der Waals surface area contributed by atoms with Crippen LogP contribution in [0, 0.1) is 0 Å². The summed E-state index contributed by atoms with van der Waals surface area (Å²) in [6.07, 6.45) is 0. The lowest BCUT2D eigenvalue weighted by Crippen LogP contribution is -2.06. The van der Waals surface area contributed by atoms with Crippen molar-refractivity contribution >= 4 is 32.6 Å². The molecule has 0 saturated carbocycles. The molecule has 0 fully saturated rings. The Kier molecular flexibility index (Phi) is 6.43. The minimum atomic E-state index is 0.587. The maximum absolute atomic E-state index is 5.26. The van der Waals surface area contributed by atoms with Crippen molar-refractivity contribution in [2.75, 3.05) is 0 Å². The average Bonchev–Trinajstić information content (AvgIpc) is 3.49. The van der Waals surface area contributed by atoms with E-state index in [4.69, 9.17) is 15.0 Å². The summed E-state index contributed by atoms with van der Waals surface area (Å²) in [7, 11) is 0. The Morgan fingerprint density at radius 2 is 0.851 bits per heavy atom. The van der Waals surface area contributed by atoms with Crippen LogP contribution in [0.2, 0.25) is 0 Å². The smallest absolute Gasteiger partial charge is 0.238 e. The van der Waals surface area contributed by atoms with Crippen molar-refractivity contribution in [1.29, 1.82) is 0 Å². The predicted molar refractivity (Wildman–Crippen MR) is 193 cm³/mol. The highest BCUT2D eigenvalue weighted by Gasteiger charge is 2.20. The monoisotopic (exact) mass is 600 g/mol. The van der Waals surface area contributed by atoms with Crippen LogP contribution in [0.5, 0.6) is 0 Å². The second kappa shape index (κ2) is 11.2. The fourth-order valence-electron chi connectivity index (χ4n) is 6.78. The first-order valence-electron chi connectivity index (χ1n) is 15.8. The third kappa shape index (κ3) is 4.58. The van der Waals surface area contributed by atoms with Crippen molar-refractivity contribution in [2.45, 2.75) is 0 Å².